The minimum atomic E-state index is -0.797. The van der Waals surface area contributed by atoms with Crippen LogP contribution in [0, 0.1) is 11.8 Å². The quantitative estimate of drug-likeness (QED) is 0.600. The molecule has 0 aliphatic heterocycles. The largest absolute Gasteiger partial charge is 0.480 e. The molecule has 0 rings (SSSR count). The molecule has 0 saturated heterocycles. The van der Waals surface area contributed by atoms with Gasteiger partial charge in [0.05, 0.1) is 6.54 Å². The van der Waals surface area contributed by atoms with Crippen molar-refractivity contribution in [2.45, 2.75) is 32.7 Å². The fraction of sp³-hybridized carbons (Fsp3) is 0.667. The molecule has 0 bridgehead atoms. The van der Waals surface area contributed by atoms with Gasteiger partial charge in [0.25, 0.3) is 0 Å². The predicted octanol–water partition coefficient (Wildman–Crippen LogP) is 0.853. The second-order valence-corrected chi connectivity index (χ2v) is 2.49. The Labute approximate surface area is 73.2 Å². The van der Waals surface area contributed by atoms with E-state index in [1.165, 1.54) is 0 Å². The van der Waals surface area contributed by atoms with E-state index in [1.807, 2.05) is 6.92 Å². The minimum Gasteiger partial charge on any atom is -0.480 e. The van der Waals surface area contributed by atoms with E-state index in [0.717, 1.165) is 6.42 Å². The molecule has 0 saturated carbocycles. The van der Waals surface area contributed by atoms with Crippen LogP contribution >= 0.6 is 0 Å². The summed E-state index contributed by atoms with van der Waals surface area (Å²) >= 11 is 0. The number of carboxylic acid groups (broad SMARTS) is 1. The van der Waals surface area contributed by atoms with Gasteiger partial charge in [0, 0.05) is 0 Å². The number of aliphatic carboxylic acids is 1. The molecule has 0 fully saturated rings. The molecule has 0 aliphatic rings. The van der Waals surface area contributed by atoms with Crippen LogP contribution in [0.15, 0.2) is 0 Å². The van der Waals surface area contributed by atoms with E-state index in [4.69, 9.17) is 5.11 Å². The fourth-order valence-electron chi connectivity index (χ4n) is 0.864. The zero-order chi connectivity index (χ0) is 9.40. The first-order valence-electron chi connectivity index (χ1n) is 4.08. The fourth-order valence-corrected chi connectivity index (χ4v) is 0.864. The molecule has 0 aromatic heterocycles. The van der Waals surface area contributed by atoms with Crippen molar-refractivity contribution >= 4 is 5.97 Å². The summed E-state index contributed by atoms with van der Waals surface area (Å²) in [7, 11) is 0. The molecule has 12 heavy (non-hydrogen) atoms. The Kier molecular flexibility index (Phi) is 6.12. The van der Waals surface area contributed by atoms with Crippen molar-refractivity contribution in [3.05, 3.63) is 0 Å². The molecule has 0 aromatic carbocycles. The summed E-state index contributed by atoms with van der Waals surface area (Å²) in [6, 6.07) is -0.448. The molecule has 1 unspecified atom stereocenters. The van der Waals surface area contributed by atoms with E-state index >= 15 is 0 Å². The summed E-state index contributed by atoms with van der Waals surface area (Å²) in [6.45, 7) is 4.15. The number of carboxylic acids is 1. The molecule has 0 amide bonds. The molecule has 68 valence electrons. The van der Waals surface area contributed by atoms with Crippen molar-refractivity contribution in [2.75, 3.05) is 6.54 Å². The van der Waals surface area contributed by atoms with Crippen LogP contribution in [0.3, 0.4) is 0 Å². The maximum atomic E-state index is 10.6. The maximum Gasteiger partial charge on any atom is 0.320 e. The molecular formula is C9H15NO2. The number of nitrogens with one attached hydrogen (secondary N) is 1. The van der Waals surface area contributed by atoms with E-state index in [2.05, 4.69) is 17.2 Å². The Morgan fingerprint density at radius 1 is 1.67 bits per heavy atom. The van der Waals surface area contributed by atoms with Crippen LogP contribution in [-0.4, -0.2) is 23.7 Å². The van der Waals surface area contributed by atoms with E-state index in [0.29, 0.717) is 13.0 Å². The first kappa shape index (κ1) is 11.0. The van der Waals surface area contributed by atoms with Crippen LogP contribution in [0.25, 0.3) is 0 Å². The van der Waals surface area contributed by atoms with Crippen LogP contribution in [0.4, 0.5) is 0 Å². The Morgan fingerprint density at radius 3 is 2.75 bits per heavy atom. The van der Waals surface area contributed by atoms with Crippen molar-refractivity contribution in [2.24, 2.45) is 0 Å². The smallest absolute Gasteiger partial charge is 0.320 e. The molecular weight excluding hydrogens is 154 g/mol. The zero-order valence-electron chi connectivity index (χ0n) is 7.55. The van der Waals surface area contributed by atoms with E-state index < -0.39 is 12.0 Å². The summed E-state index contributed by atoms with van der Waals surface area (Å²) in [5.74, 6) is 4.67. The SMILES string of the molecule is CC#CCNC(CCC)C(=O)O. The molecule has 3 heteroatoms. The van der Waals surface area contributed by atoms with E-state index in [9.17, 15) is 4.79 Å². The summed E-state index contributed by atoms with van der Waals surface area (Å²) in [5.41, 5.74) is 0. The first-order chi connectivity index (χ1) is 5.72. The van der Waals surface area contributed by atoms with Gasteiger partial charge in [0.1, 0.15) is 6.04 Å². The lowest BCUT2D eigenvalue weighted by Gasteiger charge is -2.10. The number of rotatable bonds is 5. The Bertz CT molecular complexity index is 190. The van der Waals surface area contributed by atoms with Gasteiger partial charge in [-0.15, -0.1) is 5.92 Å². The third-order valence-corrected chi connectivity index (χ3v) is 1.49. The lowest BCUT2D eigenvalue weighted by Crippen LogP contribution is -2.36. The molecule has 3 nitrogen and oxygen atoms in total. The Balaban J connectivity index is 3.76. The number of carbonyl (C=O) groups is 1. The molecule has 0 spiro atoms. The summed E-state index contributed by atoms with van der Waals surface area (Å²) in [4.78, 5) is 10.6. The van der Waals surface area contributed by atoms with Crippen LogP contribution in [0.2, 0.25) is 0 Å². The molecule has 0 aromatic rings. The van der Waals surface area contributed by atoms with Gasteiger partial charge >= 0.3 is 5.97 Å². The van der Waals surface area contributed by atoms with Gasteiger partial charge in [-0.2, -0.15) is 0 Å². The molecule has 1 atom stereocenters. The van der Waals surface area contributed by atoms with Gasteiger partial charge < -0.3 is 5.11 Å². The van der Waals surface area contributed by atoms with Crippen molar-refractivity contribution in [3.8, 4) is 11.8 Å². The van der Waals surface area contributed by atoms with E-state index in [-0.39, 0.29) is 0 Å². The highest BCUT2D eigenvalue weighted by Crippen LogP contribution is 1.95. The van der Waals surface area contributed by atoms with Gasteiger partial charge in [-0.05, 0) is 13.3 Å². The van der Waals surface area contributed by atoms with Crippen LogP contribution < -0.4 is 5.32 Å². The topological polar surface area (TPSA) is 49.3 Å². The second kappa shape index (κ2) is 6.68. The normalized spacial score (nSPS) is 11.5. The van der Waals surface area contributed by atoms with Gasteiger partial charge in [0.15, 0.2) is 0 Å². The zero-order valence-corrected chi connectivity index (χ0v) is 7.55. The number of hydrogen-bond donors (Lipinski definition) is 2. The van der Waals surface area contributed by atoms with Crippen LogP contribution in [0.1, 0.15) is 26.7 Å². The lowest BCUT2D eigenvalue weighted by atomic mass is 10.2. The third kappa shape index (κ3) is 4.75. The summed E-state index contributed by atoms with van der Waals surface area (Å²) in [6.07, 6.45) is 1.52. The monoisotopic (exact) mass is 169 g/mol. The highest BCUT2D eigenvalue weighted by Gasteiger charge is 2.13. The molecule has 0 heterocycles. The van der Waals surface area contributed by atoms with Crippen LogP contribution in [0.5, 0.6) is 0 Å². The highest BCUT2D eigenvalue weighted by atomic mass is 16.4. The van der Waals surface area contributed by atoms with Gasteiger partial charge in [-0.25, -0.2) is 0 Å². The summed E-state index contributed by atoms with van der Waals surface area (Å²) < 4.78 is 0. The van der Waals surface area contributed by atoms with Crippen molar-refractivity contribution in [1.29, 1.82) is 0 Å². The van der Waals surface area contributed by atoms with E-state index in [1.54, 1.807) is 6.92 Å². The minimum absolute atomic E-state index is 0.448. The van der Waals surface area contributed by atoms with Gasteiger partial charge in [-0.3, -0.25) is 10.1 Å². The average Bonchev–Trinajstić information content (AvgIpc) is 2.03. The Hall–Kier alpha value is -1.01. The highest BCUT2D eigenvalue weighted by molar-refractivity contribution is 5.73. The molecule has 0 radical (unpaired) electrons. The summed E-state index contributed by atoms with van der Waals surface area (Å²) in [5, 5.41) is 11.5. The standard InChI is InChI=1S/C9H15NO2/c1-3-5-7-10-8(6-4-2)9(11)12/h8,10H,4,6-7H2,1-2H3,(H,11,12). The molecule has 2 N–H and O–H groups in total. The average molecular weight is 169 g/mol. The molecule has 0 aliphatic carbocycles. The van der Waals surface area contributed by atoms with Crippen molar-refractivity contribution in [3.63, 3.8) is 0 Å². The number of hydrogen-bond acceptors (Lipinski definition) is 2. The third-order valence-electron chi connectivity index (χ3n) is 1.49. The second-order valence-electron chi connectivity index (χ2n) is 2.49. The maximum absolute atomic E-state index is 10.6. The first-order valence-corrected chi connectivity index (χ1v) is 4.08. The Morgan fingerprint density at radius 2 is 2.33 bits per heavy atom. The predicted molar refractivity (Wildman–Crippen MR) is 47.8 cm³/mol. The lowest BCUT2D eigenvalue weighted by molar-refractivity contribution is -0.139. The van der Waals surface area contributed by atoms with Gasteiger partial charge in [0.2, 0.25) is 0 Å². The van der Waals surface area contributed by atoms with Gasteiger partial charge in [-0.1, -0.05) is 19.3 Å². The van der Waals surface area contributed by atoms with Crippen molar-refractivity contribution in [1.82, 2.24) is 5.32 Å². The van der Waals surface area contributed by atoms with Crippen LogP contribution in [-0.2, 0) is 4.79 Å². The van der Waals surface area contributed by atoms with Crippen molar-refractivity contribution < 1.29 is 9.90 Å².